The van der Waals surface area contributed by atoms with E-state index >= 15 is 0 Å². The first-order valence-corrected chi connectivity index (χ1v) is 8.97. The second kappa shape index (κ2) is 6.85. The van der Waals surface area contributed by atoms with E-state index < -0.39 is 11.2 Å². The lowest BCUT2D eigenvalue weighted by Gasteiger charge is -2.22. The molecule has 4 nitrogen and oxygen atoms in total. The third-order valence-corrected chi connectivity index (χ3v) is 4.79. The molecule has 1 aliphatic heterocycles. The van der Waals surface area contributed by atoms with Gasteiger partial charge in [0.1, 0.15) is 6.10 Å². The number of benzene rings is 1. The Kier molecular flexibility index (Phi) is 4.97. The topological polar surface area (TPSA) is 44.8 Å². The SMILES string of the molecule is CC(C)(C)C(=O)OCC[C@@H]1OC2(CCCC2)O[C@H]1c1ccccc1. The highest BCUT2D eigenvalue weighted by Crippen LogP contribution is 2.47. The maximum atomic E-state index is 11.9. The van der Waals surface area contributed by atoms with E-state index in [1.165, 1.54) is 0 Å². The fourth-order valence-electron chi connectivity index (χ4n) is 3.44. The fourth-order valence-corrected chi connectivity index (χ4v) is 3.44. The van der Waals surface area contributed by atoms with Crippen LogP contribution >= 0.6 is 0 Å². The molecule has 0 bridgehead atoms. The number of rotatable bonds is 4. The van der Waals surface area contributed by atoms with Crippen molar-refractivity contribution in [3.05, 3.63) is 35.9 Å². The molecule has 0 unspecified atom stereocenters. The maximum Gasteiger partial charge on any atom is 0.311 e. The molecule has 0 amide bonds. The van der Waals surface area contributed by atoms with Crippen LogP contribution in [0.15, 0.2) is 30.3 Å². The molecule has 1 aromatic rings. The molecule has 132 valence electrons. The van der Waals surface area contributed by atoms with Crippen LogP contribution in [0.1, 0.15) is 64.5 Å². The highest BCUT2D eigenvalue weighted by atomic mass is 16.8. The average Bonchev–Trinajstić information content (AvgIpc) is 3.15. The van der Waals surface area contributed by atoms with Gasteiger partial charge in [0, 0.05) is 19.3 Å². The monoisotopic (exact) mass is 332 g/mol. The molecule has 1 saturated heterocycles. The third kappa shape index (κ3) is 3.81. The first kappa shape index (κ1) is 17.4. The number of carbonyl (C=O) groups excluding carboxylic acids is 1. The second-order valence-corrected chi connectivity index (χ2v) is 7.90. The van der Waals surface area contributed by atoms with E-state index in [1.54, 1.807) is 0 Å². The van der Waals surface area contributed by atoms with Gasteiger partial charge in [0.05, 0.1) is 18.1 Å². The van der Waals surface area contributed by atoms with Gasteiger partial charge in [-0.1, -0.05) is 30.3 Å². The number of hydrogen-bond acceptors (Lipinski definition) is 4. The van der Waals surface area contributed by atoms with Crippen LogP contribution in [0.25, 0.3) is 0 Å². The van der Waals surface area contributed by atoms with Crippen molar-refractivity contribution in [2.24, 2.45) is 5.41 Å². The zero-order valence-corrected chi connectivity index (χ0v) is 14.9. The first-order valence-electron chi connectivity index (χ1n) is 8.97. The van der Waals surface area contributed by atoms with Gasteiger partial charge in [-0.3, -0.25) is 4.79 Å². The standard InChI is InChI=1S/C20H28O4/c1-19(2,3)18(21)22-14-11-16-17(15-9-5-4-6-10-15)24-20(23-16)12-7-8-13-20/h4-6,9-10,16-17H,7-8,11-14H2,1-3H3/t16-,17-/m0/s1. The molecule has 24 heavy (non-hydrogen) atoms. The Morgan fingerprint density at radius 2 is 1.83 bits per heavy atom. The molecule has 2 fully saturated rings. The molecule has 2 atom stereocenters. The Balaban J connectivity index is 1.66. The Morgan fingerprint density at radius 1 is 1.17 bits per heavy atom. The summed E-state index contributed by atoms with van der Waals surface area (Å²) in [6, 6.07) is 10.2. The van der Waals surface area contributed by atoms with Gasteiger partial charge in [-0.2, -0.15) is 0 Å². The summed E-state index contributed by atoms with van der Waals surface area (Å²) in [6.45, 7) is 5.96. The predicted molar refractivity (Wildman–Crippen MR) is 91.4 cm³/mol. The van der Waals surface area contributed by atoms with Gasteiger partial charge in [0.25, 0.3) is 0 Å². The minimum atomic E-state index is -0.474. The van der Waals surface area contributed by atoms with E-state index in [0.717, 1.165) is 31.2 Å². The van der Waals surface area contributed by atoms with Crippen LogP contribution in [0, 0.1) is 5.41 Å². The van der Waals surface area contributed by atoms with Gasteiger partial charge in [-0.25, -0.2) is 0 Å². The lowest BCUT2D eigenvalue weighted by molar-refractivity contribution is -0.171. The molecule has 1 aromatic carbocycles. The van der Waals surface area contributed by atoms with E-state index in [4.69, 9.17) is 14.2 Å². The van der Waals surface area contributed by atoms with Gasteiger partial charge in [-0.15, -0.1) is 0 Å². The van der Waals surface area contributed by atoms with Crippen LogP contribution in [0.4, 0.5) is 0 Å². The summed E-state index contributed by atoms with van der Waals surface area (Å²) in [4.78, 5) is 11.9. The molecular formula is C20H28O4. The average molecular weight is 332 g/mol. The van der Waals surface area contributed by atoms with Gasteiger partial charge < -0.3 is 14.2 Å². The molecule has 0 N–H and O–H groups in total. The minimum absolute atomic E-state index is 0.0710. The molecular weight excluding hydrogens is 304 g/mol. The smallest absolute Gasteiger partial charge is 0.311 e. The first-order chi connectivity index (χ1) is 11.4. The quantitative estimate of drug-likeness (QED) is 0.767. The number of ether oxygens (including phenoxy) is 3. The van der Waals surface area contributed by atoms with Gasteiger partial charge in [-0.05, 0) is 39.2 Å². The van der Waals surface area contributed by atoms with E-state index in [9.17, 15) is 4.79 Å². The zero-order chi connectivity index (χ0) is 17.2. The fraction of sp³-hybridized carbons (Fsp3) is 0.650. The Bertz CT molecular complexity index is 555. The van der Waals surface area contributed by atoms with E-state index in [-0.39, 0.29) is 18.2 Å². The second-order valence-electron chi connectivity index (χ2n) is 7.90. The number of hydrogen-bond donors (Lipinski definition) is 0. The van der Waals surface area contributed by atoms with Crippen molar-refractivity contribution in [1.82, 2.24) is 0 Å². The highest BCUT2D eigenvalue weighted by Gasteiger charge is 2.49. The van der Waals surface area contributed by atoms with E-state index in [0.29, 0.717) is 13.0 Å². The number of esters is 1. The highest BCUT2D eigenvalue weighted by molar-refractivity contribution is 5.75. The van der Waals surface area contributed by atoms with E-state index in [2.05, 4.69) is 12.1 Å². The van der Waals surface area contributed by atoms with Crippen LogP contribution in [0.3, 0.4) is 0 Å². The summed E-state index contributed by atoms with van der Waals surface area (Å²) in [5.41, 5.74) is 0.659. The molecule has 0 aromatic heterocycles. The summed E-state index contributed by atoms with van der Waals surface area (Å²) >= 11 is 0. The van der Waals surface area contributed by atoms with Crippen molar-refractivity contribution >= 4 is 5.97 Å². The van der Waals surface area contributed by atoms with Crippen molar-refractivity contribution < 1.29 is 19.0 Å². The predicted octanol–water partition coefficient (Wildman–Crippen LogP) is 4.39. The lowest BCUT2D eigenvalue weighted by atomic mass is 9.97. The van der Waals surface area contributed by atoms with Crippen molar-refractivity contribution in [2.75, 3.05) is 6.61 Å². The molecule has 2 aliphatic rings. The summed E-state index contributed by atoms with van der Waals surface area (Å²) in [7, 11) is 0. The molecule has 0 radical (unpaired) electrons. The van der Waals surface area contributed by atoms with E-state index in [1.807, 2.05) is 39.0 Å². The zero-order valence-electron chi connectivity index (χ0n) is 14.9. The maximum absolute atomic E-state index is 11.9. The molecule has 3 rings (SSSR count). The lowest BCUT2D eigenvalue weighted by Crippen LogP contribution is -2.28. The van der Waals surface area contributed by atoms with Crippen molar-refractivity contribution in [3.8, 4) is 0 Å². The van der Waals surface area contributed by atoms with Crippen LogP contribution < -0.4 is 0 Å². The van der Waals surface area contributed by atoms with Gasteiger partial charge >= 0.3 is 5.97 Å². The third-order valence-electron chi connectivity index (χ3n) is 4.79. The minimum Gasteiger partial charge on any atom is -0.465 e. The summed E-state index contributed by atoms with van der Waals surface area (Å²) in [6.07, 6.45) is 4.70. The summed E-state index contributed by atoms with van der Waals surface area (Å²) < 4.78 is 18.1. The molecule has 1 heterocycles. The Hall–Kier alpha value is -1.39. The molecule has 1 saturated carbocycles. The van der Waals surface area contributed by atoms with Crippen LogP contribution in [-0.2, 0) is 19.0 Å². The molecule has 1 spiro atoms. The Labute approximate surface area is 144 Å². The summed E-state index contributed by atoms with van der Waals surface area (Å²) in [5, 5.41) is 0. The molecule has 1 aliphatic carbocycles. The van der Waals surface area contributed by atoms with Crippen LogP contribution in [0.2, 0.25) is 0 Å². The summed E-state index contributed by atoms with van der Waals surface area (Å²) in [5.74, 6) is -0.604. The van der Waals surface area contributed by atoms with Gasteiger partial charge in [0.15, 0.2) is 5.79 Å². The molecule has 4 heteroatoms. The van der Waals surface area contributed by atoms with Crippen LogP contribution in [0.5, 0.6) is 0 Å². The van der Waals surface area contributed by atoms with Gasteiger partial charge in [0.2, 0.25) is 0 Å². The van der Waals surface area contributed by atoms with Crippen molar-refractivity contribution in [2.45, 2.75) is 70.9 Å². The number of carbonyl (C=O) groups is 1. The van der Waals surface area contributed by atoms with Crippen molar-refractivity contribution in [1.29, 1.82) is 0 Å². The normalized spacial score (nSPS) is 26.0. The largest absolute Gasteiger partial charge is 0.465 e. The van der Waals surface area contributed by atoms with Crippen molar-refractivity contribution in [3.63, 3.8) is 0 Å². The Morgan fingerprint density at radius 3 is 2.46 bits per heavy atom. The van der Waals surface area contributed by atoms with Crippen LogP contribution in [-0.4, -0.2) is 24.5 Å².